The van der Waals surface area contributed by atoms with Crippen LogP contribution in [0.4, 0.5) is 5.69 Å². The maximum absolute atomic E-state index is 12.4. The number of hydrogen-bond acceptors (Lipinski definition) is 4. The molecule has 6 nitrogen and oxygen atoms in total. The van der Waals surface area contributed by atoms with Crippen LogP contribution in [0.5, 0.6) is 0 Å². The molecule has 1 aliphatic rings. The summed E-state index contributed by atoms with van der Waals surface area (Å²) in [7, 11) is 0. The van der Waals surface area contributed by atoms with Crippen molar-refractivity contribution >= 4 is 17.5 Å². The molecule has 1 aliphatic heterocycles. The first-order valence-corrected chi connectivity index (χ1v) is 8.88. The fourth-order valence-corrected chi connectivity index (χ4v) is 3.09. The van der Waals surface area contributed by atoms with Gasteiger partial charge in [0, 0.05) is 31.9 Å². The van der Waals surface area contributed by atoms with Crippen LogP contribution in [-0.2, 0) is 4.79 Å². The number of nitrogens with one attached hydrogen (secondary N) is 1. The summed E-state index contributed by atoms with van der Waals surface area (Å²) in [4.78, 5) is 28.6. The van der Waals surface area contributed by atoms with Crippen molar-refractivity contribution in [2.45, 2.75) is 20.8 Å². The third-order valence-electron chi connectivity index (χ3n) is 4.86. The van der Waals surface area contributed by atoms with Gasteiger partial charge in [-0.1, -0.05) is 12.1 Å². The molecule has 0 saturated carbocycles. The highest BCUT2D eigenvalue weighted by Crippen LogP contribution is 2.18. The molecule has 0 unspecified atom stereocenters. The Labute approximate surface area is 153 Å². The molecular weight excluding hydrogens is 330 g/mol. The lowest BCUT2D eigenvalue weighted by Crippen LogP contribution is -2.50. The molecule has 26 heavy (non-hydrogen) atoms. The summed E-state index contributed by atoms with van der Waals surface area (Å²) in [6, 6.07) is 9.39. The number of carbonyl (C=O) groups excluding carboxylic acids is 2. The Bertz CT molecular complexity index is 804. The maximum atomic E-state index is 12.4. The van der Waals surface area contributed by atoms with E-state index in [4.69, 9.17) is 4.42 Å². The third kappa shape index (κ3) is 4.14. The second-order valence-corrected chi connectivity index (χ2v) is 6.77. The summed E-state index contributed by atoms with van der Waals surface area (Å²) in [6.07, 6.45) is 0. The topological polar surface area (TPSA) is 65.8 Å². The number of carbonyl (C=O) groups is 2. The fourth-order valence-electron chi connectivity index (χ4n) is 3.09. The quantitative estimate of drug-likeness (QED) is 0.916. The number of aryl methyl sites for hydroxylation is 2. The Kier molecular flexibility index (Phi) is 5.42. The normalized spacial score (nSPS) is 15.1. The Balaban J connectivity index is 1.50. The van der Waals surface area contributed by atoms with Crippen molar-refractivity contribution in [3.8, 4) is 0 Å². The van der Waals surface area contributed by atoms with Gasteiger partial charge < -0.3 is 14.6 Å². The van der Waals surface area contributed by atoms with E-state index in [0.29, 0.717) is 38.5 Å². The van der Waals surface area contributed by atoms with Crippen LogP contribution < -0.4 is 5.32 Å². The van der Waals surface area contributed by atoms with Gasteiger partial charge in [-0.05, 0) is 50.1 Å². The zero-order chi connectivity index (χ0) is 18.7. The molecular formula is C20H25N3O3. The first-order valence-electron chi connectivity index (χ1n) is 8.88. The number of rotatable bonds is 4. The van der Waals surface area contributed by atoms with Crippen molar-refractivity contribution in [2.24, 2.45) is 0 Å². The van der Waals surface area contributed by atoms with Gasteiger partial charge in [-0.3, -0.25) is 14.5 Å². The summed E-state index contributed by atoms with van der Waals surface area (Å²) < 4.78 is 5.41. The molecule has 1 saturated heterocycles. The van der Waals surface area contributed by atoms with Crippen molar-refractivity contribution in [1.29, 1.82) is 0 Å². The summed E-state index contributed by atoms with van der Waals surface area (Å²) in [6.45, 7) is 8.72. The van der Waals surface area contributed by atoms with Gasteiger partial charge in [0.05, 0.1) is 6.54 Å². The highest BCUT2D eigenvalue weighted by atomic mass is 16.3. The standard InChI is InChI=1S/C20H25N3O3/c1-14-5-4-6-17(16(14)3)21-19(24)13-22-9-11-23(12-10-22)20(25)18-8-7-15(2)26-18/h4-8H,9-13H2,1-3H3,(H,21,24). The summed E-state index contributed by atoms with van der Waals surface area (Å²) in [5.74, 6) is 0.997. The van der Waals surface area contributed by atoms with Gasteiger partial charge in [0.1, 0.15) is 5.76 Å². The van der Waals surface area contributed by atoms with Gasteiger partial charge in [0.15, 0.2) is 5.76 Å². The summed E-state index contributed by atoms with van der Waals surface area (Å²) in [5, 5.41) is 2.98. The minimum atomic E-state index is -0.0856. The van der Waals surface area contributed by atoms with Gasteiger partial charge in [-0.15, -0.1) is 0 Å². The molecule has 0 bridgehead atoms. The Morgan fingerprint density at radius 3 is 2.42 bits per heavy atom. The van der Waals surface area contributed by atoms with Crippen LogP contribution in [0.15, 0.2) is 34.7 Å². The van der Waals surface area contributed by atoms with Crippen LogP contribution in [0.2, 0.25) is 0 Å². The maximum Gasteiger partial charge on any atom is 0.289 e. The Morgan fingerprint density at radius 2 is 1.77 bits per heavy atom. The monoisotopic (exact) mass is 355 g/mol. The minimum Gasteiger partial charge on any atom is -0.456 e. The Morgan fingerprint density at radius 1 is 1.04 bits per heavy atom. The van der Waals surface area contributed by atoms with E-state index < -0.39 is 0 Å². The molecule has 0 radical (unpaired) electrons. The second kappa shape index (κ2) is 7.74. The van der Waals surface area contributed by atoms with E-state index in [1.807, 2.05) is 39.0 Å². The Hall–Kier alpha value is -2.60. The molecule has 1 aromatic heterocycles. The van der Waals surface area contributed by atoms with E-state index in [1.54, 1.807) is 17.0 Å². The molecule has 3 rings (SSSR count). The summed E-state index contributed by atoms with van der Waals surface area (Å²) >= 11 is 0. The van der Waals surface area contributed by atoms with Crippen molar-refractivity contribution in [3.63, 3.8) is 0 Å². The minimum absolute atomic E-state index is 0.0277. The second-order valence-electron chi connectivity index (χ2n) is 6.77. The van der Waals surface area contributed by atoms with Crippen LogP contribution in [0, 0.1) is 20.8 Å². The lowest BCUT2D eigenvalue weighted by Gasteiger charge is -2.33. The van der Waals surface area contributed by atoms with Gasteiger partial charge in [-0.25, -0.2) is 0 Å². The first kappa shape index (κ1) is 18.2. The molecule has 2 heterocycles. The van der Waals surface area contributed by atoms with Crippen LogP contribution in [-0.4, -0.2) is 54.3 Å². The number of nitrogens with zero attached hydrogens (tertiary/aromatic N) is 2. The fraction of sp³-hybridized carbons (Fsp3) is 0.400. The molecule has 1 fully saturated rings. The number of benzene rings is 1. The van der Waals surface area contributed by atoms with Gasteiger partial charge in [0.2, 0.25) is 5.91 Å². The molecule has 0 spiro atoms. The molecule has 1 N–H and O–H groups in total. The van der Waals surface area contributed by atoms with E-state index in [-0.39, 0.29) is 11.8 Å². The predicted molar refractivity (Wildman–Crippen MR) is 100 cm³/mol. The molecule has 0 aliphatic carbocycles. The predicted octanol–water partition coefficient (Wildman–Crippen LogP) is 2.60. The van der Waals surface area contributed by atoms with Crippen LogP contribution in [0.25, 0.3) is 0 Å². The molecule has 2 aromatic rings. The van der Waals surface area contributed by atoms with E-state index >= 15 is 0 Å². The average Bonchev–Trinajstić information content (AvgIpc) is 3.05. The van der Waals surface area contributed by atoms with E-state index in [2.05, 4.69) is 10.2 Å². The number of amides is 2. The molecule has 6 heteroatoms. The largest absolute Gasteiger partial charge is 0.456 e. The van der Waals surface area contributed by atoms with Crippen LogP contribution >= 0.6 is 0 Å². The molecule has 138 valence electrons. The zero-order valence-electron chi connectivity index (χ0n) is 15.5. The van der Waals surface area contributed by atoms with Crippen molar-refractivity contribution < 1.29 is 14.0 Å². The van der Waals surface area contributed by atoms with E-state index in [9.17, 15) is 9.59 Å². The van der Waals surface area contributed by atoms with Crippen molar-refractivity contribution in [3.05, 3.63) is 53.0 Å². The smallest absolute Gasteiger partial charge is 0.289 e. The SMILES string of the molecule is Cc1ccc(C(=O)N2CCN(CC(=O)Nc3cccc(C)c3C)CC2)o1. The summed E-state index contributed by atoms with van der Waals surface area (Å²) in [5.41, 5.74) is 3.10. The van der Waals surface area contributed by atoms with Crippen molar-refractivity contribution in [2.75, 3.05) is 38.0 Å². The number of furan rings is 1. The van der Waals surface area contributed by atoms with E-state index in [1.165, 1.54) is 0 Å². The molecule has 1 aromatic carbocycles. The van der Waals surface area contributed by atoms with Gasteiger partial charge in [0.25, 0.3) is 5.91 Å². The van der Waals surface area contributed by atoms with Crippen molar-refractivity contribution in [1.82, 2.24) is 9.80 Å². The average molecular weight is 355 g/mol. The lowest BCUT2D eigenvalue weighted by atomic mass is 10.1. The number of piperazine rings is 1. The van der Waals surface area contributed by atoms with Crippen LogP contribution in [0.3, 0.4) is 0 Å². The lowest BCUT2D eigenvalue weighted by molar-refractivity contribution is -0.117. The first-order chi connectivity index (χ1) is 12.4. The van der Waals surface area contributed by atoms with Crippen LogP contribution in [0.1, 0.15) is 27.4 Å². The van der Waals surface area contributed by atoms with E-state index in [0.717, 1.165) is 22.6 Å². The number of anilines is 1. The zero-order valence-corrected chi connectivity index (χ0v) is 15.5. The third-order valence-corrected chi connectivity index (χ3v) is 4.86. The number of hydrogen-bond donors (Lipinski definition) is 1. The highest BCUT2D eigenvalue weighted by Gasteiger charge is 2.25. The highest BCUT2D eigenvalue weighted by molar-refractivity contribution is 5.93. The molecule has 0 atom stereocenters. The molecule has 2 amide bonds. The van der Waals surface area contributed by atoms with Gasteiger partial charge in [-0.2, -0.15) is 0 Å². The van der Waals surface area contributed by atoms with Gasteiger partial charge >= 0.3 is 0 Å².